The van der Waals surface area contributed by atoms with Gasteiger partial charge in [-0.15, -0.1) is 0 Å². The molecule has 21 heavy (non-hydrogen) atoms. The zero-order chi connectivity index (χ0) is 14.8. The lowest BCUT2D eigenvalue weighted by Gasteiger charge is -2.29. The van der Waals surface area contributed by atoms with Gasteiger partial charge in [0.1, 0.15) is 5.82 Å². The molecule has 2 N–H and O–H groups in total. The van der Waals surface area contributed by atoms with Gasteiger partial charge in [0.05, 0.1) is 11.9 Å². The van der Waals surface area contributed by atoms with Gasteiger partial charge in [0.2, 0.25) is 0 Å². The first kappa shape index (κ1) is 14.1. The molecule has 1 aliphatic rings. The molecule has 0 amide bonds. The molecule has 4 nitrogen and oxygen atoms in total. The summed E-state index contributed by atoms with van der Waals surface area (Å²) in [5.74, 6) is 1.62. The van der Waals surface area contributed by atoms with Gasteiger partial charge in [-0.1, -0.05) is 24.6 Å². The summed E-state index contributed by atoms with van der Waals surface area (Å²) in [6, 6.07) is 8.29. The fourth-order valence-electron chi connectivity index (χ4n) is 2.87. The summed E-state index contributed by atoms with van der Waals surface area (Å²) >= 11 is 0. The Balaban J connectivity index is 1.75. The van der Waals surface area contributed by atoms with Gasteiger partial charge < -0.3 is 5.73 Å². The van der Waals surface area contributed by atoms with Crippen LogP contribution in [-0.4, -0.2) is 27.8 Å². The molecule has 1 aliphatic heterocycles. The molecular weight excluding hydrogens is 260 g/mol. The largest absolute Gasteiger partial charge is 0.383 e. The van der Waals surface area contributed by atoms with E-state index in [0.717, 1.165) is 42.6 Å². The SMILES string of the molecule is Cc1ccc(-n2ncc(CN3CCC(C)CC3)c2N)cc1. The number of rotatable bonds is 3. The number of likely N-dealkylation sites (tertiary alicyclic amines) is 1. The molecule has 0 spiro atoms. The minimum absolute atomic E-state index is 0.762. The highest BCUT2D eigenvalue weighted by atomic mass is 15.3. The van der Waals surface area contributed by atoms with Crippen LogP contribution in [0.15, 0.2) is 30.5 Å². The van der Waals surface area contributed by atoms with Crippen LogP contribution < -0.4 is 5.73 Å². The number of aryl methyl sites for hydroxylation is 1. The second-order valence-corrected chi connectivity index (χ2v) is 6.26. The van der Waals surface area contributed by atoms with Gasteiger partial charge in [0.25, 0.3) is 0 Å². The number of hydrogen-bond acceptors (Lipinski definition) is 3. The molecule has 0 bridgehead atoms. The van der Waals surface area contributed by atoms with Crippen molar-refractivity contribution in [2.45, 2.75) is 33.2 Å². The van der Waals surface area contributed by atoms with E-state index in [2.05, 4.69) is 48.1 Å². The number of anilines is 1. The van der Waals surface area contributed by atoms with Gasteiger partial charge in [-0.3, -0.25) is 4.90 Å². The summed E-state index contributed by atoms with van der Waals surface area (Å²) in [5.41, 5.74) is 9.69. The lowest BCUT2D eigenvalue weighted by atomic mass is 9.99. The maximum atomic E-state index is 6.29. The van der Waals surface area contributed by atoms with Crippen molar-refractivity contribution in [2.75, 3.05) is 18.8 Å². The van der Waals surface area contributed by atoms with Crippen LogP contribution in [0.2, 0.25) is 0 Å². The Morgan fingerprint density at radius 2 is 1.86 bits per heavy atom. The van der Waals surface area contributed by atoms with Gasteiger partial charge in [0.15, 0.2) is 0 Å². The molecule has 0 radical (unpaired) electrons. The van der Waals surface area contributed by atoms with E-state index in [1.807, 2.05) is 10.9 Å². The van der Waals surface area contributed by atoms with E-state index in [4.69, 9.17) is 5.73 Å². The van der Waals surface area contributed by atoms with Crippen molar-refractivity contribution >= 4 is 5.82 Å². The van der Waals surface area contributed by atoms with Crippen molar-refractivity contribution in [1.29, 1.82) is 0 Å². The van der Waals surface area contributed by atoms with Gasteiger partial charge in [-0.05, 0) is 50.9 Å². The van der Waals surface area contributed by atoms with E-state index < -0.39 is 0 Å². The standard InChI is InChI=1S/C17H24N4/c1-13-3-5-16(6-4-13)21-17(18)15(11-19-21)12-20-9-7-14(2)8-10-20/h3-6,11,14H,7-10,12,18H2,1-2H3. The van der Waals surface area contributed by atoms with E-state index in [0.29, 0.717) is 0 Å². The predicted octanol–water partition coefficient (Wildman–Crippen LogP) is 2.99. The monoisotopic (exact) mass is 284 g/mol. The van der Waals surface area contributed by atoms with Gasteiger partial charge in [-0.2, -0.15) is 5.10 Å². The smallest absolute Gasteiger partial charge is 0.131 e. The van der Waals surface area contributed by atoms with E-state index in [-0.39, 0.29) is 0 Å². The first-order valence-electron chi connectivity index (χ1n) is 7.75. The van der Waals surface area contributed by atoms with Crippen LogP contribution in [0.4, 0.5) is 5.82 Å². The molecule has 0 aliphatic carbocycles. The van der Waals surface area contributed by atoms with Gasteiger partial charge in [0, 0.05) is 12.1 Å². The fraction of sp³-hybridized carbons (Fsp3) is 0.471. The third-order valence-corrected chi connectivity index (χ3v) is 4.43. The lowest BCUT2D eigenvalue weighted by Crippen LogP contribution is -2.32. The molecule has 2 heterocycles. The zero-order valence-electron chi connectivity index (χ0n) is 12.9. The van der Waals surface area contributed by atoms with Crippen molar-refractivity contribution in [3.8, 4) is 5.69 Å². The fourth-order valence-corrected chi connectivity index (χ4v) is 2.87. The highest BCUT2D eigenvalue weighted by Crippen LogP contribution is 2.22. The minimum atomic E-state index is 0.762. The molecule has 0 unspecified atom stereocenters. The maximum Gasteiger partial charge on any atom is 0.131 e. The Kier molecular flexibility index (Phi) is 3.97. The quantitative estimate of drug-likeness (QED) is 0.942. The van der Waals surface area contributed by atoms with Crippen LogP contribution in [0.1, 0.15) is 30.9 Å². The van der Waals surface area contributed by atoms with Crippen LogP contribution >= 0.6 is 0 Å². The average molecular weight is 284 g/mol. The summed E-state index contributed by atoms with van der Waals surface area (Å²) < 4.78 is 1.83. The normalized spacial score (nSPS) is 17.2. The highest BCUT2D eigenvalue weighted by molar-refractivity contribution is 5.47. The van der Waals surface area contributed by atoms with Crippen LogP contribution in [0, 0.1) is 12.8 Å². The molecule has 1 saturated heterocycles. The third kappa shape index (κ3) is 3.10. The van der Waals surface area contributed by atoms with Crippen molar-refractivity contribution in [3.05, 3.63) is 41.6 Å². The first-order chi connectivity index (χ1) is 10.1. The van der Waals surface area contributed by atoms with Crippen molar-refractivity contribution < 1.29 is 0 Å². The predicted molar refractivity (Wildman–Crippen MR) is 86.4 cm³/mol. The second kappa shape index (κ2) is 5.90. The molecule has 4 heteroatoms. The Labute approximate surface area is 126 Å². The van der Waals surface area contributed by atoms with E-state index in [1.165, 1.54) is 18.4 Å². The average Bonchev–Trinajstić information content (AvgIpc) is 2.84. The summed E-state index contributed by atoms with van der Waals surface area (Å²) in [5, 5.41) is 4.46. The van der Waals surface area contributed by atoms with Crippen LogP contribution in [-0.2, 0) is 6.54 Å². The van der Waals surface area contributed by atoms with E-state index >= 15 is 0 Å². The first-order valence-corrected chi connectivity index (χ1v) is 7.75. The molecule has 1 fully saturated rings. The molecule has 1 aromatic heterocycles. The molecular formula is C17H24N4. The van der Waals surface area contributed by atoms with Crippen LogP contribution in [0.3, 0.4) is 0 Å². The summed E-state index contributed by atoms with van der Waals surface area (Å²) in [6.45, 7) is 7.65. The molecule has 1 aromatic carbocycles. The second-order valence-electron chi connectivity index (χ2n) is 6.26. The van der Waals surface area contributed by atoms with E-state index in [1.54, 1.807) is 0 Å². The Hall–Kier alpha value is -1.81. The topological polar surface area (TPSA) is 47.1 Å². The van der Waals surface area contributed by atoms with E-state index in [9.17, 15) is 0 Å². The highest BCUT2D eigenvalue weighted by Gasteiger charge is 2.18. The third-order valence-electron chi connectivity index (χ3n) is 4.43. The summed E-state index contributed by atoms with van der Waals surface area (Å²) in [7, 11) is 0. The number of aromatic nitrogens is 2. The lowest BCUT2D eigenvalue weighted by molar-refractivity contribution is 0.185. The van der Waals surface area contributed by atoms with Gasteiger partial charge in [-0.25, -0.2) is 4.68 Å². The Morgan fingerprint density at radius 3 is 2.52 bits per heavy atom. The number of nitrogens with two attached hydrogens (primary N) is 1. The molecule has 0 atom stereocenters. The zero-order valence-corrected chi connectivity index (χ0v) is 12.9. The molecule has 3 rings (SSSR count). The summed E-state index contributed by atoms with van der Waals surface area (Å²) in [6.07, 6.45) is 4.48. The number of hydrogen-bond donors (Lipinski definition) is 1. The molecule has 2 aromatic rings. The minimum Gasteiger partial charge on any atom is -0.383 e. The Morgan fingerprint density at radius 1 is 1.19 bits per heavy atom. The molecule has 0 saturated carbocycles. The van der Waals surface area contributed by atoms with Gasteiger partial charge >= 0.3 is 0 Å². The number of piperidine rings is 1. The number of nitrogens with zero attached hydrogens (tertiary/aromatic N) is 3. The van der Waals surface area contributed by atoms with Crippen molar-refractivity contribution in [3.63, 3.8) is 0 Å². The maximum absolute atomic E-state index is 6.29. The van der Waals surface area contributed by atoms with Crippen molar-refractivity contribution in [1.82, 2.24) is 14.7 Å². The van der Waals surface area contributed by atoms with Crippen molar-refractivity contribution in [2.24, 2.45) is 5.92 Å². The van der Waals surface area contributed by atoms with Crippen LogP contribution in [0.25, 0.3) is 5.69 Å². The summed E-state index contributed by atoms with van der Waals surface area (Å²) in [4.78, 5) is 2.48. The van der Waals surface area contributed by atoms with Crippen LogP contribution in [0.5, 0.6) is 0 Å². The number of benzene rings is 1. The molecule has 112 valence electrons. The number of nitrogen functional groups attached to an aromatic ring is 1. The Bertz CT molecular complexity index is 592.